The number of carbonyl (C=O) groups excluding carboxylic acids is 2. The molecule has 4 unspecified atom stereocenters. The van der Waals surface area contributed by atoms with Crippen molar-refractivity contribution in [1.29, 1.82) is 0 Å². The van der Waals surface area contributed by atoms with Crippen LogP contribution in [0.4, 0.5) is 0 Å². The predicted molar refractivity (Wildman–Crippen MR) is 139 cm³/mol. The first kappa shape index (κ1) is 24.5. The van der Waals surface area contributed by atoms with Crippen LogP contribution in [0.15, 0.2) is 72.8 Å². The minimum absolute atomic E-state index is 0.0492. The highest BCUT2D eigenvalue weighted by Crippen LogP contribution is 2.47. The summed E-state index contributed by atoms with van der Waals surface area (Å²) >= 11 is 0. The number of rotatable bonds is 9. The van der Waals surface area contributed by atoms with Crippen molar-refractivity contribution < 1.29 is 19.1 Å². The van der Waals surface area contributed by atoms with E-state index in [2.05, 4.69) is 29.6 Å². The number of fused-ring (bicyclic) bond motifs is 1. The van der Waals surface area contributed by atoms with Gasteiger partial charge in [0.2, 0.25) is 5.91 Å². The van der Waals surface area contributed by atoms with Crippen LogP contribution >= 0.6 is 0 Å². The molecule has 4 atom stereocenters. The van der Waals surface area contributed by atoms with E-state index in [0.29, 0.717) is 26.0 Å². The van der Waals surface area contributed by atoms with Crippen molar-refractivity contribution in [3.05, 3.63) is 83.9 Å². The van der Waals surface area contributed by atoms with Crippen molar-refractivity contribution in [1.82, 2.24) is 10.2 Å². The van der Waals surface area contributed by atoms with E-state index in [0.717, 1.165) is 17.5 Å². The van der Waals surface area contributed by atoms with E-state index >= 15 is 0 Å². The molecule has 3 aromatic rings. The summed E-state index contributed by atoms with van der Waals surface area (Å²) in [5, 5.41) is 5.47. The molecule has 1 saturated heterocycles. The van der Waals surface area contributed by atoms with Crippen molar-refractivity contribution >= 4 is 22.6 Å². The van der Waals surface area contributed by atoms with Gasteiger partial charge in [-0.1, -0.05) is 86.1 Å². The van der Waals surface area contributed by atoms with Crippen LogP contribution in [0.2, 0.25) is 0 Å². The largest absolute Gasteiger partial charge is 0.459 e. The third-order valence-corrected chi connectivity index (χ3v) is 7.69. The lowest BCUT2D eigenvalue weighted by Gasteiger charge is -2.23. The third kappa shape index (κ3) is 5.01. The molecule has 5 rings (SSSR count). The maximum absolute atomic E-state index is 13.3. The molecule has 1 N–H and O–H groups in total. The summed E-state index contributed by atoms with van der Waals surface area (Å²) in [7, 11) is 1.94. The summed E-state index contributed by atoms with van der Waals surface area (Å²) in [5.74, 6) is -0.354. The molecule has 6 heteroatoms. The van der Waals surface area contributed by atoms with Crippen molar-refractivity contribution in [2.75, 3.05) is 13.6 Å². The molecule has 0 spiro atoms. The number of nitrogens with one attached hydrogen (secondary N) is 1. The average molecular weight is 487 g/mol. The summed E-state index contributed by atoms with van der Waals surface area (Å²) < 4.78 is 11.9. The predicted octanol–water partition coefficient (Wildman–Crippen LogP) is 4.46. The van der Waals surface area contributed by atoms with Gasteiger partial charge in [0.05, 0.1) is 18.8 Å². The Hall–Kier alpha value is -3.22. The van der Waals surface area contributed by atoms with Gasteiger partial charge in [0.25, 0.3) is 0 Å². The number of hydrogen-bond acceptors (Lipinski definition) is 5. The van der Waals surface area contributed by atoms with E-state index < -0.39 is 5.54 Å². The van der Waals surface area contributed by atoms with Crippen LogP contribution in [0.3, 0.4) is 0 Å². The fourth-order valence-corrected chi connectivity index (χ4v) is 5.44. The monoisotopic (exact) mass is 486 g/mol. The zero-order chi connectivity index (χ0) is 25.1. The zero-order valence-electron chi connectivity index (χ0n) is 21.0. The number of ether oxygens (including phenoxy) is 2. The van der Waals surface area contributed by atoms with E-state index in [-0.39, 0.29) is 36.5 Å². The van der Waals surface area contributed by atoms with Crippen molar-refractivity contribution in [3.63, 3.8) is 0 Å². The van der Waals surface area contributed by atoms with E-state index in [1.54, 1.807) is 0 Å². The molecule has 6 nitrogen and oxygen atoms in total. The van der Waals surface area contributed by atoms with Crippen LogP contribution < -0.4 is 5.32 Å². The van der Waals surface area contributed by atoms with Gasteiger partial charge in [0, 0.05) is 6.54 Å². The number of benzene rings is 3. The molecule has 188 valence electrons. The van der Waals surface area contributed by atoms with Crippen LogP contribution in [-0.2, 0) is 32.3 Å². The molecule has 0 radical (unpaired) electrons. The summed E-state index contributed by atoms with van der Waals surface area (Å²) in [6, 6.07) is 23.8. The second-order valence-electron chi connectivity index (χ2n) is 10.1. The fourth-order valence-electron chi connectivity index (χ4n) is 5.44. The highest BCUT2D eigenvalue weighted by Gasteiger charge is 2.62. The third-order valence-electron chi connectivity index (χ3n) is 7.69. The Labute approximate surface area is 212 Å². The minimum atomic E-state index is -0.913. The number of likely N-dealkylation sites (tertiary alicyclic amines) is 1. The first-order valence-electron chi connectivity index (χ1n) is 12.8. The van der Waals surface area contributed by atoms with Gasteiger partial charge >= 0.3 is 5.97 Å². The summed E-state index contributed by atoms with van der Waals surface area (Å²) in [5.41, 5.74) is 1.17. The van der Waals surface area contributed by atoms with Gasteiger partial charge in [0.15, 0.2) is 0 Å². The Morgan fingerprint density at radius 3 is 2.53 bits per heavy atom. The second kappa shape index (κ2) is 10.4. The molecular weight excluding hydrogens is 452 g/mol. The maximum Gasteiger partial charge on any atom is 0.332 e. The molecule has 1 saturated carbocycles. The highest BCUT2D eigenvalue weighted by atomic mass is 16.5. The van der Waals surface area contributed by atoms with Crippen LogP contribution in [0.25, 0.3) is 10.8 Å². The lowest BCUT2D eigenvalue weighted by molar-refractivity contribution is -0.151. The SMILES string of the molecule is CCC1CC1(NC(=O)C1CC(OCc2cccc3ccccc23)CN1C)C(=O)OCc1ccccc1. The smallest absolute Gasteiger partial charge is 0.332 e. The topological polar surface area (TPSA) is 67.9 Å². The van der Waals surface area contributed by atoms with Gasteiger partial charge in [-0.2, -0.15) is 0 Å². The Kier molecular flexibility index (Phi) is 7.08. The van der Waals surface area contributed by atoms with Gasteiger partial charge < -0.3 is 14.8 Å². The molecule has 0 bridgehead atoms. The number of carbonyl (C=O) groups is 2. The van der Waals surface area contributed by atoms with Crippen molar-refractivity contribution in [2.24, 2.45) is 5.92 Å². The zero-order valence-corrected chi connectivity index (χ0v) is 21.0. The van der Waals surface area contributed by atoms with Crippen LogP contribution in [-0.4, -0.2) is 48.1 Å². The molecule has 1 aliphatic carbocycles. The Morgan fingerprint density at radius 1 is 1.00 bits per heavy atom. The van der Waals surface area contributed by atoms with E-state index in [1.807, 2.05) is 67.4 Å². The summed E-state index contributed by atoms with van der Waals surface area (Å²) in [4.78, 5) is 28.4. The molecular formula is C30H34N2O4. The van der Waals surface area contributed by atoms with Crippen molar-refractivity contribution in [2.45, 2.75) is 57.1 Å². The average Bonchev–Trinajstić information content (AvgIpc) is 3.50. The lowest BCUT2D eigenvalue weighted by Crippen LogP contribution is -2.51. The number of likely N-dealkylation sites (N-methyl/N-ethyl adjacent to an activating group) is 1. The molecule has 36 heavy (non-hydrogen) atoms. The fraction of sp³-hybridized carbons (Fsp3) is 0.400. The number of nitrogens with zero attached hydrogens (tertiary/aromatic N) is 1. The molecule has 1 amide bonds. The van der Waals surface area contributed by atoms with Gasteiger partial charge in [-0.3, -0.25) is 9.69 Å². The molecule has 3 aromatic carbocycles. The number of esters is 1. The lowest BCUT2D eigenvalue weighted by atomic mass is 10.1. The van der Waals surface area contributed by atoms with Gasteiger partial charge in [-0.25, -0.2) is 4.79 Å². The van der Waals surface area contributed by atoms with Crippen LogP contribution in [0.5, 0.6) is 0 Å². The summed E-state index contributed by atoms with van der Waals surface area (Å²) in [6.07, 6.45) is 1.99. The van der Waals surface area contributed by atoms with Gasteiger partial charge in [-0.05, 0) is 47.7 Å². The van der Waals surface area contributed by atoms with E-state index in [4.69, 9.17) is 9.47 Å². The molecule has 2 aliphatic rings. The molecule has 1 heterocycles. The van der Waals surface area contributed by atoms with Gasteiger partial charge in [0.1, 0.15) is 12.1 Å². The van der Waals surface area contributed by atoms with Crippen LogP contribution in [0, 0.1) is 5.92 Å². The summed E-state index contributed by atoms with van der Waals surface area (Å²) in [6.45, 7) is 3.43. The van der Waals surface area contributed by atoms with Gasteiger partial charge in [-0.15, -0.1) is 0 Å². The quantitative estimate of drug-likeness (QED) is 0.453. The minimum Gasteiger partial charge on any atom is -0.459 e. The van der Waals surface area contributed by atoms with Crippen LogP contribution in [0.1, 0.15) is 37.3 Å². The first-order chi connectivity index (χ1) is 17.5. The molecule has 1 aliphatic heterocycles. The maximum atomic E-state index is 13.3. The Bertz CT molecular complexity index is 1220. The second-order valence-corrected chi connectivity index (χ2v) is 10.1. The van der Waals surface area contributed by atoms with E-state index in [1.165, 1.54) is 10.8 Å². The number of amides is 1. The van der Waals surface area contributed by atoms with E-state index in [9.17, 15) is 9.59 Å². The first-order valence-corrected chi connectivity index (χ1v) is 12.8. The Balaban J connectivity index is 1.18. The highest BCUT2D eigenvalue weighted by molar-refractivity contribution is 5.93. The normalized spacial score (nSPS) is 25.6. The molecule has 2 fully saturated rings. The van der Waals surface area contributed by atoms with Crippen molar-refractivity contribution in [3.8, 4) is 0 Å². The standard InChI is InChI=1S/C30H34N2O4/c1-3-24-17-30(24,29(34)36-19-21-10-5-4-6-11-21)31-28(33)27-16-25(18-32(27)2)35-20-23-14-9-13-22-12-7-8-15-26(22)23/h4-15,24-25,27H,3,16-20H2,1-2H3,(H,31,33). The number of hydrogen-bond donors (Lipinski definition) is 1. The molecule has 0 aromatic heterocycles. The Morgan fingerprint density at radius 2 is 1.75 bits per heavy atom.